The zero-order valence-corrected chi connectivity index (χ0v) is 18.8. The molecule has 0 saturated heterocycles. The zero-order valence-electron chi connectivity index (χ0n) is 17.1. The number of thiophene rings is 1. The Morgan fingerprint density at radius 3 is 2.87 bits per heavy atom. The molecule has 1 aliphatic carbocycles. The van der Waals surface area contributed by atoms with Crippen LogP contribution < -0.4 is 10.9 Å². The highest BCUT2D eigenvalue weighted by molar-refractivity contribution is 7.99. The van der Waals surface area contributed by atoms with Gasteiger partial charge in [0.1, 0.15) is 10.7 Å². The normalized spacial score (nSPS) is 19.1. The molecule has 1 amide bonds. The summed E-state index contributed by atoms with van der Waals surface area (Å²) in [5.41, 5.74) is 1.82. The summed E-state index contributed by atoms with van der Waals surface area (Å²) in [5, 5.41) is 5.85. The summed E-state index contributed by atoms with van der Waals surface area (Å²) in [5.74, 6) is 2.20. The van der Waals surface area contributed by atoms with E-state index in [1.54, 1.807) is 0 Å². The van der Waals surface area contributed by atoms with Crippen molar-refractivity contribution in [3.05, 3.63) is 51.9 Å². The maximum atomic E-state index is 12.7. The zero-order chi connectivity index (χ0) is 20.9. The van der Waals surface area contributed by atoms with E-state index in [0.717, 1.165) is 28.8 Å². The summed E-state index contributed by atoms with van der Waals surface area (Å²) in [6.07, 6.45) is 5.89. The van der Waals surface area contributed by atoms with Gasteiger partial charge in [0.15, 0.2) is 0 Å². The fraction of sp³-hybridized carbons (Fsp3) is 0.435. The molecule has 0 bridgehead atoms. The molecule has 0 aliphatic heterocycles. The number of nitrogens with one attached hydrogen (secondary N) is 2. The average molecular weight is 442 g/mol. The van der Waals surface area contributed by atoms with E-state index >= 15 is 0 Å². The molecule has 2 atom stereocenters. The highest BCUT2D eigenvalue weighted by atomic mass is 32.2. The van der Waals surface area contributed by atoms with E-state index < -0.39 is 0 Å². The first-order valence-corrected chi connectivity index (χ1v) is 12.6. The Morgan fingerprint density at radius 2 is 2.07 bits per heavy atom. The van der Waals surface area contributed by atoms with Crippen LogP contribution in [0.15, 0.2) is 40.5 Å². The molecule has 158 valence electrons. The topological polar surface area (TPSA) is 74.8 Å². The van der Waals surface area contributed by atoms with Crippen molar-refractivity contribution < 1.29 is 4.79 Å². The first kappa shape index (κ1) is 21.1. The Balaban J connectivity index is 1.38. The van der Waals surface area contributed by atoms with Crippen molar-refractivity contribution in [2.75, 3.05) is 5.75 Å². The lowest BCUT2D eigenvalue weighted by molar-refractivity contribution is -0.119. The van der Waals surface area contributed by atoms with Crippen LogP contribution in [0.1, 0.15) is 44.9 Å². The number of thioether (sulfide) groups is 1. The molecule has 4 rings (SSSR count). The molecule has 1 aliphatic rings. The lowest BCUT2D eigenvalue weighted by atomic mass is 9.83. The molecule has 7 heteroatoms. The summed E-state index contributed by atoms with van der Waals surface area (Å²) in [6, 6.07) is 10.2. The SMILES string of the molecule is CCC1CCCCC1NC(=O)CSCc1nc2scc(-c3ccccc3)c2c(=O)[nH]1. The van der Waals surface area contributed by atoms with Crippen LogP contribution in [-0.4, -0.2) is 27.7 Å². The smallest absolute Gasteiger partial charge is 0.260 e. The van der Waals surface area contributed by atoms with Gasteiger partial charge in [-0.2, -0.15) is 0 Å². The molecule has 30 heavy (non-hydrogen) atoms. The maximum absolute atomic E-state index is 12.7. The van der Waals surface area contributed by atoms with E-state index in [9.17, 15) is 9.59 Å². The van der Waals surface area contributed by atoms with Gasteiger partial charge in [0.2, 0.25) is 5.91 Å². The van der Waals surface area contributed by atoms with Gasteiger partial charge in [0.25, 0.3) is 5.56 Å². The van der Waals surface area contributed by atoms with Crippen molar-refractivity contribution in [2.24, 2.45) is 5.92 Å². The van der Waals surface area contributed by atoms with Crippen LogP contribution in [0.25, 0.3) is 21.3 Å². The monoisotopic (exact) mass is 441 g/mol. The molecule has 1 aromatic carbocycles. The third-order valence-electron chi connectivity index (χ3n) is 5.83. The molecule has 0 radical (unpaired) electrons. The Bertz CT molecular complexity index is 1060. The number of fused-ring (bicyclic) bond motifs is 1. The highest BCUT2D eigenvalue weighted by Crippen LogP contribution is 2.31. The van der Waals surface area contributed by atoms with E-state index in [4.69, 9.17) is 0 Å². The number of rotatable bonds is 7. The van der Waals surface area contributed by atoms with Crippen LogP contribution in [0.5, 0.6) is 0 Å². The fourth-order valence-corrected chi connectivity index (χ4v) is 5.93. The van der Waals surface area contributed by atoms with Gasteiger partial charge in [-0.25, -0.2) is 4.98 Å². The van der Waals surface area contributed by atoms with Crippen LogP contribution in [-0.2, 0) is 10.5 Å². The molecule has 2 aromatic heterocycles. The first-order valence-electron chi connectivity index (χ1n) is 10.6. The molecule has 5 nitrogen and oxygen atoms in total. The summed E-state index contributed by atoms with van der Waals surface area (Å²) >= 11 is 2.98. The molecular formula is C23H27N3O2S2. The third kappa shape index (κ3) is 4.78. The van der Waals surface area contributed by atoms with Crippen molar-refractivity contribution in [3.8, 4) is 11.1 Å². The summed E-state index contributed by atoms with van der Waals surface area (Å²) in [7, 11) is 0. The lowest BCUT2D eigenvalue weighted by Gasteiger charge is -2.31. The van der Waals surface area contributed by atoms with Gasteiger partial charge in [-0.3, -0.25) is 9.59 Å². The van der Waals surface area contributed by atoms with Crippen molar-refractivity contribution in [1.29, 1.82) is 0 Å². The first-order chi connectivity index (χ1) is 14.7. The minimum atomic E-state index is -0.117. The predicted octanol–water partition coefficient (Wildman–Crippen LogP) is 4.97. The van der Waals surface area contributed by atoms with Crippen molar-refractivity contribution in [1.82, 2.24) is 15.3 Å². The molecule has 3 aromatic rings. The van der Waals surface area contributed by atoms with Crippen LogP contribution in [0.3, 0.4) is 0 Å². The second-order valence-electron chi connectivity index (χ2n) is 7.83. The number of aromatic amines is 1. The van der Waals surface area contributed by atoms with Gasteiger partial charge in [-0.05, 0) is 24.3 Å². The Morgan fingerprint density at radius 1 is 1.27 bits per heavy atom. The number of benzene rings is 1. The summed E-state index contributed by atoms with van der Waals surface area (Å²) in [6.45, 7) is 2.20. The Hall–Kier alpha value is -2.12. The quantitative estimate of drug-likeness (QED) is 0.543. The van der Waals surface area contributed by atoms with Crippen molar-refractivity contribution in [2.45, 2.75) is 50.8 Å². The predicted molar refractivity (Wildman–Crippen MR) is 126 cm³/mol. The number of amides is 1. The van der Waals surface area contributed by atoms with Gasteiger partial charge < -0.3 is 10.3 Å². The summed E-state index contributed by atoms with van der Waals surface area (Å²) < 4.78 is 0. The standard InChI is InChI=1S/C23H27N3O2S2/c1-2-15-8-6-7-11-18(15)24-20(27)14-29-13-19-25-22(28)21-17(12-30-23(21)26-19)16-9-4-3-5-10-16/h3-5,9-10,12,15,18H,2,6-8,11,13-14H2,1H3,(H,24,27)(H,25,26,28). The van der Waals surface area contributed by atoms with E-state index in [0.29, 0.717) is 34.7 Å². The van der Waals surface area contributed by atoms with Crippen LogP contribution in [0.4, 0.5) is 0 Å². The molecular weight excluding hydrogens is 414 g/mol. The number of carbonyl (C=O) groups is 1. The largest absolute Gasteiger partial charge is 0.352 e. The van der Waals surface area contributed by atoms with Gasteiger partial charge in [0, 0.05) is 17.0 Å². The minimum Gasteiger partial charge on any atom is -0.352 e. The van der Waals surface area contributed by atoms with Crippen LogP contribution >= 0.6 is 23.1 Å². The number of H-pyrrole nitrogens is 1. The fourth-order valence-electron chi connectivity index (χ4n) is 4.27. The molecule has 0 spiro atoms. The third-order valence-corrected chi connectivity index (χ3v) is 7.65. The molecule has 2 N–H and O–H groups in total. The maximum Gasteiger partial charge on any atom is 0.260 e. The Kier molecular flexibility index (Phi) is 6.89. The van der Waals surface area contributed by atoms with Crippen molar-refractivity contribution in [3.63, 3.8) is 0 Å². The van der Waals surface area contributed by atoms with Crippen molar-refractivity contribution >= 4 is 39.2 Å². The number of hydrogen-bond acceptors (Lipinski definition) is 5. The van der Waals surface area contributed by atoms with Gasteiger partial charge in [-0.15, -0.1) is 23.1 Å². The average Bonchev–Trinajstić information content (AvgIpc) is 3.19. The molecule has 2 unspecified atom stereocenters. The Labute approximate surface area is 184 Å². The number of hydrogen-bond donors (Lipinski definition) is 2. The number of aromatic nitrogens is 2. The highest BCUT2D eigenvalue weighted by Gasteiger charge is 2.24. The lowest BCUT2D eigenvalue weighted by Crippen LogP contribution is -2.42. The molecule has 1 saturated carbocycles. The second-order valence-corrected chi connectivity index (χ2v) is 9.67. The minimum absolute atomic E-state index is 0.0799. The van der Waals surface area contributed by atoms with E-state index in [-0.39, 0.29) is 11.5 Å². The molecule has 2 heterocycles. The second kappa shape index (κ2) is 9.79. The van der Waals surface area contributed by atoms with Gasteiger partial charge >= 0.3 is 0 Å². The van der Waals surface area contributed by atoms with E-state index in [1.807, 2.05) is 35.7 Å². The van der Waals surface area contributed by atoms with E-state index in [1.165, 1.54) is 42.4 Å². The number of carbonyl (C=O) groups excluding carboxylic acids is 1. The molecule has 1 fully saturated rings. The number of nitrogens with zero attached hydrogens (tertiary/aromatic N) is 1. The van der Waals surface area contributed by atoms with Gasteiger partial charge in [-0.1, -0.05) is 56.5 Å². The van der Waals surface area contributed by atoms with E-state index in [2.05, 4.69) is 22.2 Å². The summed E-state index contributed by atoms with van der Waals surface area (Å²) in [4.78, 5) is 33.4. The van der Waals surface area contributed by atoms with Crippen LogP contribution in [0.2, 0.25) is 0 Å². The van der Waals surface area contributed by atoms with Crippen LogP contribution in [0, 0.1) is 5.92 Å². The van der Waals surface area contributed by atoms with Gasteiger partial charge in [0.05, 0.1) is 16.9 Å².